The summed E-state index contributed by atoms with van der Waals surface area (Å²) in [6.45, 7) is 1.87. The largest absolute Gasteiger partial charge is 0.323 e. The molecule has 21 heavy (non-hydrogen) atoms. The topological polar surface area (TPSA) is 64.9 Å². The van der Waals surface area contributed by atoms with Gasteiger partial charge in [0.1, 0.15) is 6.07 Å². The summed E-state index contributed by atoms with van der Waals surface area (Å²) in [6, 6.07) is 11.3. The molecule has 0 saturated heterocycles. The lowest BCUT2D eigenvalue weighted by molar-refractivity contribution is 0.262. The van der Waals surface area contributed by atoms with Crippen molar-refractivity contribution in [1.82, 2.24) is 0 Å². The van der Waals surface area contributed by atoms with Crippen molar-refractivity contribution >= 4 is 40.6 Å². The number of aryl methyl sites for hydroxylation is 1. The average molecular weight is 320 g/mol. The number of carbonyl (C=O) groups is 1. The average Bonchev–Trinajstić information content (AvgIpc) is 2.43. The molecule has 0 aromatic heterocycles. The predicted octanol–water partition coefficient (Wildman–Crippen LogP) is 4.82. The SMILES string of the molecule is Cc1ccc(NC(=O)Nc2cc(Cl)ccc2C#N)cc1Cl. The number of hydrogen-bond acceptors (Lipinski definition) is 2. The van der Waals surface area contributed by atoms with E-state index in [9.17, 15) is 4.79 Å². The normalized spacial score (nSPS) is 9.81. The Bertz CT molecular complexity index is 738. The zero-order valence-corrected chi connectivity index (χ0v) is 12.6. The van der Waals surface area contributed by atoms with E-state index < -0.39 is 6.03 Å². The molecule has 2 rings (SSSR count). The highest BCUT2D eigenvalue weighted by Crippen LogP contribution is 2.22. The lowest BCUT2D eigenvalue weighted by atomic mass is 10.2. The monoisotopic (exact) mass is 319 g/mol. The quantitative estimate of drug-likeness (QED) is 0.833. The minimum absolute atomic E-state index is 0.330. The van der Waals surface area contributed by atoms with Gasteiger partial charge in [0.05, 0.1) is 11.3 Å². The van der Waals surface area contributed by atoms with E-state index in [1.165, 1.54) is 6.07 Å². The van der Waals surface area contributed by atoms with Crippen LogP contribution in [0.15, 0.2) is 36.4 Å². The van der Waals surface area contributed by atoms with Crippen LogP contribution in [0.1, 0.15) is 11.1 Å². The number of nitrogens with one attached hydrogen (secondary N) is 2. The molecular weight excluding hydrogens is 309 g/mol. The number of hydrogen-bond donors (Lipinski definition) is 2. The van der Waals surface area contributed by atoms with Crippen molar-refractivity contribution in [2.24, 2.45) is 0 Å². The van der Waals surface area contributed by atoms with Crippen LogP contribution in [0.5, 0.6) is 0 Å². The lowest BCUT2D eigenvalue weighted by Crippen LogP contribution is -2.20. The third-order valence-electron chi connectivity index (χ3n) is 2.78. The van der Waals surface area contributed by atoms with Gasteiger partial charge in [0.2, 0.25) is 0 Å². The smallest absolute Gasteiger partial charge is 0.308 e. The number of carbonyl (C=O) groups excluding carboxylic acids is 1. The minimum Gasteiger partial charge on any atom is -0.308 e. The summed E-state index contributed by atoms with van der Waals surface area (Å²) in [4.78, 5) is 11.9. The molecular formula is C15H11Cl2N3O. The van der Waals surface area contributed by atoms with Gasteiger partial charge in [-0.3, -0.25) is 0 Å². The molecule has 0 unspecified atom stereocenters. The fraction of sp³-hybridized carbons (Fsp3) is 0.0667. The fourth-order valence-electron chi connectivity index (χ4n) is 1.67. The van der Waals surface area contributed by atoms with E-state index in [-0.39, 0.29) is 0 Å². The van der Waals surface area contributed by atoms with Crippen molar-refractivity contribution in [3.63, 3.8) is 0 Å². The third kappa shape index (κ3) is 3.88. The first-order chi connectivity index (χ1) is 9.99. The van der Waals surface area contributed by atoms with E-state index >= 15 is 0 Å². The number of rotatable bonds is 2. The molecule has 0 aliphatic heterocycles. The Hall–Kier alpha value is -2.22. The zero-order chi connectivity index (χ0) is 15.4. The molecule has 0 fully saturated rings. The Labute approximate surface area is 132 Å². The van der Waals surface area contributed by atoms with Gasteiger partial charge < -0.3 is 10.6 Å². The maximum Gasteiger partial charge on any atom is 0.323 e. The van der Waals surface area contributed by atoms with Crippen molar-refractivity contribution in [2.75, 3.05) is 10.6 Å². The van der Waals surface area contributed by atoms with Crippen LogP contribution >= 0.6 is 23.2 Å². The first-order valence-electron chi connectivity index (χ1n) is 6.03. The van der Waals surface area contributed by atoms with E-state index in [4.69, 9.17) is 28.5 Å². The van der Waals surface area contributed by atoms with Crippen molar-refractivity contribution in [3.8, 4) is 6.07 Å². The number of amides is 2. The number of nitriles is 1. The molecule has 0 heterocycles. The molecule has 4 nitrogen and oxygen atoms in total. The summed E-state index contributed by atoms with van der Waals surface area (Å²) >= 11 is 11.9. The summed E-state index contributed by atoms with van der Waals surface area (Å²) in [7, 11) is 0. The maximum absolute atomic E-state index is 11.9. The lowest BCUT2D eigenvalue weighted by Gasteiger charge is -2.10. The molecule has 0 bridgehead atoms. The van der Waals surface area contributed by atoms with Crippen LogP contribution in [0.3, 0.4) is 0 Å². The second-order valence-corrected chi connectivity index (χ2v) is 5.19. The molecule has 0 spiro atoms. The Kier molecular flexibility index (Phi) is 4.69. The van der Waals surface area contributed by atoms with Crippen LogP contribution in [0.4, 0.5) is 16.2 Å². The van der Waals surface area contributed by atoms with Crippen molar-refractivity contribution in [2.45, 2.75) is 6.92 Å². The maximum atomic E-state index is 11.9. The van der Waals surface area contributed by atoms with Gasteiger partial charge in [-0.05, 0) is 42.8 Å². The number of urea groups is 1. The highest BCUT2D eigenvalue weighted by Gasteiger charge is 2.08. The Balaban J connectivity index is 2.13. The van der Waals surface area contributed by atoms with Crippen LogP contribution in [0, 0.1) is 18.3 Å². The van der Waals surface area contributed by atoms with Gasteiger partial charge >= 0.3 is 6.03 Å². The van der Waals surface area contributed by atoms with Crippen LogP contribution in [-0.2, 0) is 0 Å². The first kappa shape index (κ1) is 15.2. The van der Waals surface area contributed by atoms with E-state index in [1.54, 1.807) is 30.3 Å². The van der Waals surface area contributed by atoms with Gasteiger partial charge in [0, 0.05) is 15.7 Å². The molecule has 0 radical (unpaired) electrons. The van der Waals surface area contributed by atoms with Crippen LogP contribution in [-0.4, -0.2) is 6.03 Å². The second kappa shape index (κ2) is 6.49. The van der Waals surface area contributed by atoms with E-state index in [2.05, 4.69) is 10.6 Å². The standard InChI is InChI=1S/C15H11Cl2N3O/c1-9-2-5-12(7-13(9)17)19-15(21)20-14-6-11(16)4-3-10(14)8-18/h2-7H,1H3,(H2,19,20,21). The van der Waals surface area contributed by atoms with E-state index in [0.29, 0.717) is 27.0 Å². The summed E-state index contributed by atoms with van der Waals surface area (Å²) in [6.07, 6.45) is 0. The molecule has 2 amide bonds. The zero-order valence-electron chi connectivity index (χ0n) is 11.1. The van der Waals surface area contributed by atoms with Crippen molar-refractivity contribution in [3.05, 3.63) is 57.6 Å². The molecule has 2 N–H and O–H groups in total. The van der Waals surface area contributed by atoms with Gasteiger partial charge in [-0.2, -0.15) is 5.26 Å². The van der Waals surface area contributed by atoms with Gasteiger partial charge in [0.25, 0.3) is 0 Å². The number of anilines is 2. The van der Waals surface area contributed by atoms with Crippen LogP contribution < -0.4 is 10.6 Å². The molecule has 0 aliphatic rings. The van der Waals surface area contributed by atoms with Gasteiger partial charge in [-0.1, -0.05) is 29.3 Å². The van der Waals surface area contributed by atoms with E-state index in [0.717, 1.165) is 5.56 Å². The molecule has 0 atom stereocenters. The number of nitrogens with zero attached hydrogens (tertiary/aromatic N) is 1. The molecule has 0 aliphatic carbocycles. The van der Waals surface area contributed by atoms with Crippen LogP contribution in [0.2, 0.25) is 10.0 Å². The second-order valence-electron chi connectivity index (χ2n) is 4.34. The molecule has 2 aromatic rings. The first-order valence-corrected chi connectivity index (χ1v) is 6.79. The fourth-order valence-corrected chi connectivity index (χ4v) is 2.03. The van der Waals surface area contributed by atoms with Crippen molar-refractivity contribution < 1.29 is 4.79 Å². The Morgan fingerprint density at radius 1 is 1.14 bits per heavy atom. The van der Waals surface area contributed by atoms with Gasteiger partial charge in [-0.25, -0.2) is 4.79 Å². The molecule has 0 saturated carbocycles. The number of benzene rings is 2. The molecule has 6 heteroatoms. The Morgan fingerprint density at radius 3 is 2.57 bits per heavy atom. The van der Waals surface area contributed by atoms with Gasteiger partial charge in [0.15, 0.2) is 0 Å². The number of halogens is 2. The summed E-state index contributed by atoms with van der Waals surface area (Å²) in [5.74, 6) is 0. The third-order valence-corrected chi connectivity index (χ3v) is 3.42. The van der Waals surface area contributed by atoms with Gasteiger partial charge in [-0.15, -0.1) is 0 Å². The van der Waals surface area contributed by atoms with Crippen LogP contribution in [0.25, 0.3) is 0 Å². The molecule has 2 aromatic carbocycles. The highest BCUT2D eigenvalue weighted by atomic mass is 35.5. The minimum atomic E-state index is -0.478. The summed E-state index contributed by atoms with van der Waals surface area (Å²) in [5.41, 5.74) is 2.16. The Morgan fingerprint density at radius 2 is 1.90 bits per heavy atom. The molecule has 106 valence electrons. The predicted molar refractivity (Wildman–Crippen MR) is 85.0 cm³/mol. The summed E-state index contributed by atoms with van der Waals surface area (Å²) in [5, 5.41) is 15.2. The van der Waals surface area contributed by atoms with Crippen molar-refractivity contribution in [1.29, 1.82) is 5.26 Å². The summed E-state index contributed by atoms with van der Waals surface area (Å²) < 4.78 is 0. The van der Waals surface area contributed by atoms with E-state index in [1.807, 2.05) is 13.0 Å². The highest BCUT2D eigenvalue weighted by molar-refractivity contribution is 6.31.